The van der Waals surface area contributed by atoms with Crippen molar-refractivity contribution in [3.05, 3.63) is 30.6 Å². The van der Waals surface area contributed by atoms with Gasteiger partial charge in [-0.25, -0.2) is 0 Å². The van der Waals surface area contributed by atoms with E-state index in [-0.39, 0.29) is 0 Å². The zero-order valence-corrected chi connectivity index (χ0v) is 10.1. The van der Waals surface area contributed by atoms with E-state index in [0.717, 1.165) is 13.1 Å². The fourth-order valence-electron chi connectivity index (χ4n) is 2.45. The summed E-state index contributed by atoms with van der Waals surface area (Å²) in [5.41, 5.74) is 1.26. The molecule has 1 unspecified atom stereocenters. The molecule has 1 fully saturated rings. The van der Waals surface area contributed by atoms with Crippen molar-refractivity contribution >= 4 is 0 Å². The molecule has 16 heavy (non-hydrogen) atoms. The van der Waals surface area contributed by atoms with Gasteiger partial charge < -0.3 is 0 Å². The van der Waals surface area contributed by atoms with Crippen LogP contribution in [-0.2, 0) is 6.54 Å². The Bertz CT molecular complexity index is 329. The van der Waals surface area contributed by atoms with Crippen molar-refractivity contribution in [2.24, 2.45) is 0 Å². The minimum absolute atomic E-state index is 0.630. The fourth-order valence-corrected chi connectivity index (χ4v) is 2.45. The first-order chi connectivity index (χ1) is 7.75. The van der Waals surface area contributed by atoms with E-state index < -0.39 is 0 Å². The van der Waals surface area contributed by atoms with Crippen LogP contribution in [0.5, 0.6) is 0 Å². The van der Waals surface area contributed by atoms with Gasteiger partial charge in [0, 0.05) is 25.0 Å². The van der Waals surface area contributed by atoms with Gasteiger partial charge in [-0.2, -0.15) is 5.10 Å². The summed E-state index contributed by atoms with van der Waals surface area (Å²) < 4.78 is 2.04. The zero-order valence-electron chi connectivity index (χ0n) is 10.1. The number of likely N-dealkylation sites (tertiary alicyclic amines) is 1. The molecule has 3 nitrogen and oxygen atoms in total. The lowest BCUT2D eigenvalue weighted by Crippen LogP contribution is -2.42. The van der Waals surface area contributed by atoms with Gasteiger partial charge in [0.2, 0.25) is 0 Å². The lowest BCUT2D eigenvalue weighted by Gasteiger charge is -2.35. The van der Waals surface area contributed by atoms with E-state index in [4.69, 9.17) is 0 Å². The third kappa shape index (κ3) is 2.95. The van der Waals surface area contributed by atoms with Gasteiger partial charge in [0.25, 0.3) is 0 Å². The molecule has 1 saturated heterocycles. The van der Waals surface area contributed by atoms with Crippen LogP contribution in [0.15, 0.2) is 30.6 Å². The average molecular weight is 219 g/mol. The highest BCUT2D eigenvalue weighted by molar-refractivity contribution is 4.94. The third-order valence-corrected chi connectivity index (χ3v) is 3.18. The van der Waals surface area contributed by atoms with E-state index in [1.807, 2.05) is 23.1 Å². The Labute approximate surface area is 97.8 Å². The molecule has 0 saturated carbocycles. The highest BCUT2D eigenvalue weighted by atomic mass is 15.3. The molecule has 1 aromatic rings. The van der Waals surface area contributed by atoms with Crippen LogP contribution in [-0.4, -0.2) is 33.8 Å². The van der Waals surface area contributed by atoms with Crippen molar-refractivity contribution in [2.45, 2.75) is 38.8 Å². The van der Waals surface area contributed by atoms with Crippen molar-refractivity contribution in [3.8, 4) is 0 Å². The second kappa shape index (κ2) is 5.30. The predicted molar refractivity (Wildman–Crippen MR) is 66.3 cm³/mol. The molecule has 2 heterocycles. The molecule has 0 aliphatic carbocycles. The Morgan fingerprint density at radius 2 is 2.38 bits per heavy atom. The van der Waals surface area contributed by atoms with E-state index in [1.165, 1.54) is 31.4 Å². The van der Waals surface area contributed by atoms with Gasteiger partial charge in [-0.15, -0.1) is 0 Å². The average Bonchev–Trinajstić information content (AvgIpc) is 2.73. The molecule has 0 radical (unpaired) electrons. The molecule has 1 aromatic heterocycles. The second-order valence-electron chi connectivity index (χ2n) is 4.81. The summed E-state index contributed by atoms with van der Waals surface area (Å²) in [5.74, 6) is 0. The standard InChI is InChI=1S/C13H21N3/c1-12(2)10-15-8-4-3-6-13(15)11-16-9-5-7-14-16/h5,7,9,13H,1,3-4,6,8,10-11H2,2H3. The molecule has 1 atom stereocenters. The molecule has 0 aromatic carbocycles. The number of hydrogen-bond acceptors (Lipinski definition) is 2. The van der Waals surface area contributed by atoms with E-state index in [2.05, 4.69) is 23.5 Å². The molecule has 0 bridgehead atoms. The number of piperidine rings is 1. The summed E-state index contributed by atoms with van der Waals surface area (Å²) in [6.07, 6.45) is 7.86. The largest absolute Gasteiger partial charge is 0.295 e. The maximum absolute atomic E-state index is 4.29. The summed E-state index contributed by atoms with van der Waals surface area (Å²) >= 11 is 0. The maximum atomic E-state index is 4.29. The van der Waals surface area contributed by atoms with Gasteiger partial charge in [-0.1, -0.05) is 18.6 Å². The summed E-state index contributed by atoms with van der Waals surface area (Å²) in [6, 6.07) is 2.62. The van der Waals surface area contributed by atoms with Crippen LogP contribution < -0.4 is 0 Å². The molecule has 0 spiro atoms. The van der Waals surface area contributed by atoms with Gasteiger partial charge in [-0.05, 0) is 32.4 Å². The van der Waals surface area contributed by atoms with Crippen molar-refractivity contribution < 1.29 is 0 Å². The van der Waals surface area contributed by atoms with Gasteiger partial charge in [-0.3, -0.25) is 9.58 Å². The topological polar surface area (TPSA) is 21.1 Å². The Morgan fingerprint density at radius 3 is 3.06 bits per heavy atom. The summed E-state index contributed by atoms with van der Waals surface area (Å²) in [4.78, 5) is 2.55. The van der Waals surface area contributed by atoms with Crippen LogP contribution in [0.4, 0.5) is 0 Å². The maximum Gasteiger partial charge on any atom is 0.0565 e. The normalized spacial score (nSPS) is 22.2. The number of aromatic nitrogens is 2. The van der Waals surface area contributed by atoms with E-state index in [1.54, 1.807) is 0 Å². The van der Waals surface area contributed by atoms with Crippen LogP contribution in [0.25, 0.3) is 0 Å². The smallest absolute Gasteiger partial charge is 0.0565 e. The van der Waals surface area contributed by atoms with Gasteiger partial charge in [0.1, 0.15) is 0 Å². The zero-order chi connectivity index (χ0) is 11.4. The fraction of sp³-hybridized carbons (Fsp3) is 0.615. The lowest BCUT2D eigenvalue weighted by molar-refractivity contribution is 0.141. The Hall–Kier alpha value is -1.09. The van der Waals surface area contributed by atoms with Crippen LogP contribution >= 0.6 is 0 Å². The first-order valence-corrected chi connectivity index (χ1v) is 6.11. The Kier molecular flexibility index (Phi) is 3.78. The molecule has 3 heteroatoms. The molecule has 0 N–H and O–H groups in total. The van der Waals surface area contributed by atoms with Gasteiger partial charge in [0.05, 0.1) is 6.54 Å². The van der Waals surface area contributed by atoms with Crippen molar-refractivity contribution in [2.75, 3.05) is 13.1 Å². The highest BCUT2D eigenvalue weighted by Gasteiger charge is 2.22. The minimum Gasteiger partial charge on any atom is -0.295 e. The Balaban J connectivity index is 1.96. The molecule has 88 valence electrons. The van der Waals surface area contributed by atoms with Crippen LogP contribution in [0, 0.1) is 0 Å². The minimum atomic E-state index is 0.630. The molecule has 1 aliphatic rings. The van der Waals surface area contributed by atoms with Crippen LogP contribution in [0.2, 0.25) is 0 Å². The van der Waals surface area contributed by atoms with E-state index >= 15 is 0 Å². The quantitative estimate of drug-likeness (QED) is 0.725. The lowest BCUT2D eigenvalue weighted by atomic mass is 10.0. The number of rotatable bonds is 4. The first kappa shape index (κ1) is 11.4. The van der Waals surface area contributed by atoms with E-state index in [9.17, 15) is 0 Å². The number of nitrogens with zero attached hydrogens (tertiary/aromatic N) is 3. The van der Waals surface area contributed by atoms with Crippen molar-refractivity contribution in [1.82, 2.24) is 14.7 Å². The first-order valence-electron chi connectivity index (χ1n) is 6.11. The predicted octanol–water partition coefficient (Wildman–Crippen LogP) is 2.31. The second-order valence-corrected chi connectivity index (χ2v) is 4.81. The molecule has 1 aliphatic heterocycles. The van der Waals surface area contributed by atoms with Gasteiger partial charge in [0.15, 0.2) is 0 Å². The Morgan fingerprint density at radius 1 is 1.50 bits per heavy atom. The summed E-state index contributed by atoms with van der Waals surface area (Å²) in [6.45, 7) is 9.38. The van der Waals surface area contributed by atoms with E-state index in [0.29, 0.717) is 6.04 Å². The molecule has 0 amide bonds. The van der Waals surface area contributed by atoms with Crippen LogP contribution in [0.3, 0.4) is 0 Å². The monoisotopic (exact) mass is 219 g/mol. The third-order valence-electron chi connectivity index (χ3n) is 3.18. The SMILES string of the molecule is C=C(C)CN1CCCCC1Cn1cccn1. The van der Waals surface area contributed by atoms with Crippen LogP contribution in [0.1, 0.15) is 26.2 Å². The van der Waals surface area contributed by atoms with Crippen molar-refractivity contribution in [1.29, 1.82) is 0 Å². The summed E-state index contributed by atoms with van der Waals surface area (Å²) in [7, 11) is 0. The molecule has 2 rings (SSSR count). The highest BCUT2D eigenvalue weighted by Crippen LogP contribution is 2.19. The van der Waals surface area contributed by atoms with Crippen molar-refractivity contribution in [3.63, 3.8) is 0 Å². The summed E-state index contributed by atoms with van der Waals surface area (Å²) in [5, 5.41) is 4.29. The molecular weight excluding hydrogens is 198 g/mol. The molecular formula is C13H21N3. The number of hydrogen-bond donors (Lipinski definition) is 0. The van der Waals surface area contributed by atoms with Gasteiger partial charge >= 0.3 is 0 Å².